The van der Waals surface area contributed by atoms with Crippen molar-refractivity contribution in [3.8, 4) is 0 Å². The van der Waals surface area contributed by atoms with Gasteiger partial charge in [0.05, 0.1) is 19.5 Å². The highest BCUT2D eigenvalue weighted by Crippen LogP contribution is 2.11. The molecule has 2 rings (SSSR count). The summed E-state index contributed by atoms with van der Waals surface area (Å²) in [6.45, 7) is 6.87. The SMILES string of the molecule is CCCCCCCCCC[n+]1ccn(CCCC)c1Cc1ccccc1. The van der Waals surface area contributed by atoms with Gasteiger partial charge in [-0.05, 0) is 24.8 Å². The second kappa shape index (κ2) is 12.7. The molecule has 26 heavy (non-hydrogen) atoms. The molecule has 1 aromatic carbocycles. The van der Waals surface area contributed by atoms with Crippen LogP contribution in [0.25, 0.3) is 0 Å². The number of aromatic nitrogens is 2. The van der Waals surface area contributed by atoms with Gasteiger partial charge >= 0.3 is 0 Å². The van der Waals surface area contributed by atoms with Crippen molar-refractivity contribution in [1.82, 2.24) is 4.57 Å². The first kappa shape index (κ1) is 20.7. The summed E-state index contributed by atoms with van der Waals surface area (Å²) in [6.07, 6.45) is 19.2. The molecular formula is C24H39N2+. The van der Waals surface area contributed by atoms with Gasteiger partial charge in [-0.15, -0.1) is 0 Å². The fourth-order valence-electron chi connectivity index (χ4n) is 3.63. The molecule has 0 saturated heterocycles. The minimum atomic E-state index is 1.04. The monoisotopic (exact) mass is 355 g/mol. The molecule has 0 fully saturated rings. The first-order chi connectivity index (χ1) is 12.8. The molecule has 0 aliphatic carbocycles. The van der Waals surface area contributed by atoms with Crippen LogP contribution in [-0.4, -0.2) is 4.57 Å². The fraction of sp³-hybridized carbons (Fsp3) is 0.625. The summed E-state index contributed by atoms with van der Waals surface area (Å²) < 4.78 is 4.97. The highest BCUT2D eigenvalue weighted by Gasteiger charge is 2.17. The first-order valence-corrected chi connectivity index (χ1v) is 11.0. The van der Waals surface area contributed by atoms with E-state index >= 15 is 0 Å². The zero-order valence-corrected chi connectivity index (χ0v) is 17.1. The summed E-state index contributed by atoms with van der Waals surface area (Å²) in [5.41, 5.74) is 1.41. The Kier molecular flexibility index (Phi) is 10.2. The Morgan fingerprint density at radius 3 is 2.12 bits per heavy atom. The van der Waals surface area contributed by atoms with E-state index in [0.29, 0.717) is 0 Å². The van der Waals surface area contributed by atoms with Crippen LogP contribution in [0.15, 0.2) is 42.7 Å². The van der Waals surface area contributed by atoms with Gasteiger partial charge < -0.3 is 0 Å². The highest BCUT2D eigenvalue weighted by molar-refractivity contribution is 5.18. The molecular weight excluding hydrogens is 316 g/mol. The van der Waals surface area contributed by atoms with Crippen molar-refractivity contribution in [3.63, 3.8) is 0 Å². The van der Waals surface area contributed by atoms with E-state index < -0.39 is 0 Å². The van der Waals surface area contributed by atoms with E-state index in [-0.39, 0.29) is 0 Å². The summed E-state index contributed by atoms with van der Waals surface area (Å²) in [5.74, 6) is 1.47. The molecule has 0 N–H and O–H groups in total. The van der Waals surface area contributed by atoms with Gasteiger partial charge in [-0.3, -0.25) is 0 Å². The molecule has 0 atom stereocenters. The fourth-order valence-corrected chi connectivity index (χ4v) is 3.63. The minimum absolute atomic E-state index is 1.04. The predicted octanol–water partition coefficient (Wildman–Crippen LogP) is 6.31. The molecule has 0 radical (unpaired) electrons. The average molecular weight is 356 g/mol. The molecule has 2 aromatic rings. The Labute approximate surface area is 161 Å². The maximum absolute atomic E-state index is 2.50. The van der Waals surface area contributed by atoms with Crippen molar-refractivity contribution >= 4 is 0 Å². The lowest BCUT2D eigenvalue weighted by Crippen LogP contribution is -2.37. The number of benzene rings is 1. The maximum Gasteiger partial charge on any atom is 0.260 e. The van der Waals surface area contributed by atoms with Crippen LogP contribution in [0.2, 0.25) is 0 Å². The van der Waals surface area contributed by atoms with Crippen molar-refractivity contribution in [3.05, 3.63) is 54.1 Å². The smallest absolute Gasteiger partial charge is 0.234 e. The van der Waals surface area contributed by atoms with E-state index in [1.54, 1.807) is 0 Å². The third-order valence-electron chi connectivity index (χ3n) is 5.30. The van der Waals surface area contributed by atoms with E-state index in [9.17, 15) is 0 Å². The Morgan fingerprint density at radius 2 is 1.42 bits per heavy atom. The van der Waals surface area contributed by atoms with Crippen LogP contribution in [0.1, 0.15) is 89.4 Å². The summed E-state index contributed by atoms with van der Waals surface area (Å²) in [6, 6.07) is 10.9. The van der Waals surface area contributed by atoms with E-state index in [4.69, 9.17) is 0 Å². The van der Waals surface area contributed by atoms with Crippen molar-refractivity contribution in [2.75, 3.05) is 0 Å². The number of imidazole rings is 1. The zero-order valence-electron chi connectivity index (χ0n) is 17.1. The van der Waals surface area contributed by atoms with Crippen molar-refractivity contribution < 1.29 is 4.57 Å². The maximum atomic E-state index is 2.50. The van der Waals surface area contributed by atoms with E-state index in [2.05, 4.69) is 65.7 Å². The summed E-state index contributed by atoms with van der Waals surface area (Å²) >= 11 is 0. The zero-order chi connectivity index (χ0) is 18.5. The highest BCUT2D eigenvalue weighted by atomic mass is 15.1. The molecule has 144 valence electrons. The topological polar surface area (TPSA) is 8.81 Å². The third-order valence-corrected chi connectivity index (χ3v) is 5.30. The van der Waals surface area contributed by atoms with Gasteiger partial charge in [0.2, 0.25) is 0 Å². The third kappa shape index (κ3) is 7.35. The van der Waals surface area contributed by atoms with Gasteiger partial charge in [0.25, 0.3) is 5.82 Å². The van der Waals surface area contributed by atoms with E-state index in [1.165, 1.54) is 75.6 Å². The summed E-state index contributed by atoms with van der Waals surface area (Å²) in [5, 5.41) is 0. The lowest BCUT2D eigenvalue weighted by atomic mass is 10.1. The number of hydrogen-bond donors (Lipinski definition) is 0. The first-order valence-electron chi connectivity index (χ1n) is 11.0. The molecule has 0 aliphatic heterocycles. The molecule has 0 saturated carbocycles. The minimum Gasteiger partial charge on any atom is -0.234 e. The molecule has 0 amide bonds. The van der Waals surface area contributed by atoms with Crippen LogP contribution in [0.4, 0.5) is 0 Å². The number of hydrogen-bond acceptors (Lipinski definition) is 0. The second-order valence-corrected chi connectivity index (χ2v) is 7.59. The lowest BCUT2D eigenvalue weighted by molar-refractivity contribution is -0.703. The van der Waals surface area contributed by atoms with Gasteiger partial charge in [0.15, 0.2) is 0 Å². The van der Waals surface area contributed by atoms with E-state index in [1.807, 2.05) is 0 Å². The average Bonchev–Trinajstić information content (AvgIpc) is 3.04. The van der Waals surface area contributed by atoms with Crippen LogP contribution in [0.5, 0.6) is 0 Å². The Bertz CT molecular complexity index is 586. The van der Waals surface area contributed by atoms with Crippen molar-refractivity contribution in [2.24, 2.45) is 0 Å². The number of nitrogens with zero attached hydrogens (tertiary/aromatic N) is 2. The Morgan fingerprint density at radius 1 is 0.769 bits per heavy atom. The predicted molar refractivity (Wildman–Crippen MR) is 111 cm³/mol. The van der Waals surface area contributed by atoms with Crippen LogP contribution in [0, 0.1) is 0 Å². The van der Waals surface area contributed by atoms with Gasteiger partial charge in [0, 0.05) is 0 Å². The van der Waals surface area contributed by atoms with Gasteiger partial charge in [0.1, 0.15) is 12.4 Å². The number of rotatable bonds is 14. The van der Waals surface area contributed by atoms with Crippen LogP contribution >= 0.6 is 0 Å². The lowest BCUT2D eigenvalue weighted by Gasteiger charge is -2.06. The largest absolute Gasteiger partial charge is 0.260 e. The molecule has 2 nitrogen and oxygen atoms in total. The Balaban J connectivity index is 1.85. The molecule has 0 aliphatic rings. The molecule has 0 unspecified atom stereocenters. The molecule has 0 spiro atoms. The summed E-state index contributed by atoms with van der Waals surface area (Å²) in [4.78, 5) is 0. The van der Waals surface area contributed by atoms with Crippen LogP contribution in [0.3, 0.4) is 0 Å². The van der Waals surface area contributed by atoms with Crippen LogP contribution < -0.4 is 4.57 Å². The van der Waals surface area contributed by atoms with Gasteiger partial charge in [-0.25, -0.2) is 9.13 Å². The van der Waals surface area contributed by atoms with E-state index in [0.717, 1.165) is 19.5 Å². The van der Waals surface area contributed by atoms with Gasteiger partial charge in [-0.2, -0.15) is 0 Å². The molecule has 2 heteroatoms. The second-order valence-electron chi connectivity index (χ2n) is 7.59. The normalized spacial score (nSPS) is 11.2. The molecule has 1 aromatic heterocycles. The number of unbranched alkanes of at least 4 members (excludes halogenated alkanes) is 8. The quantitative estimate of drug-likeness (QED) is 0.277. The molecule has 0 bridgehead atoms. The number of aryl methyl sites for hydroxylation is 2. The van der Waals surface area contributed by atoms with Gasteiger partial charge in [-0.1, -0.05) is 89.1 Å². The van der Waals surface area contributed by atoms with Crippen molar-refractivity contribution in [2.45, 2.75) is 97.6 Å². The Hall–Kier alpha value is -1.57. The van der Waals surface area contributed by atoms with Crippen LogP contribution in [-0.2, 0) is 19.5 Å². The van der Waals surface area contributed by atoms with Crippen molar-refractivity contribution in [1.29, 1.82) is 0 Å². The molecule has 1 heterocycles. The summed E-state index contributed by atoms with van der Waals surface area (Å²) in [7, 11) is 0. The standard InChI is InChI=1S/C24H39N2/c1-3-5-7-8-9-10-11-15-19-26-21-20-25(18-6-4-2)24(26)22-23-16-13-12-14-17-23/h12-14,16-17,20-21H,3-11,15,18-19,22H2,1-2H3/q+1.